The molecule has 0 aliphatic heterocycles. The minimum Gasteiger partial charge on any atom is -0.497 e. The number of hydrogen-bond acceptors (Lipinski definition) is 5. The van der Waals surface area contributed by atoms with Gasteiger partial charge in [-0.25, -0.2) is 17.8 Å². The van der Waals surface area contributed by atoms with Gasteiger partial charge in [0.05, 0.1) is 22.1 Å². The van der Waals surface area contributed by atoms with Gasteiger partial charge in [-0.2, -0.15) is 0 Å². The van der Waals surface area contributed by atoms with Crippen LogP contribution >= 0.6 is 11.3 Å². The molecule has 5 nitrogen and oxygen atoms in total. The normalized spacial score (nSPS) is 13.2. The zero-order chi connectivity index (χ0) is 14.0. The van der Waals surface area contributed by atoms with Gasteiger partial charge in [0.1, 0.15) is 9.96 Å². The Labute approximate surface area is 117 Å². The van der Waals surface area contributed by atoms with E-state index in [9.17, 15) is 12.6 Å². The van der Waals surface area contributed by atoms with Gasteiger partial charge in [-0.1, -0.05) is 0 Å². The van der Waals surface area contributed by atoms with Crippen LogP contribution in [0.3, 0.4) is 0 Å². The molecule has 1 atom stereocenters. The lowest BCUT2D eigenvalue weighted by molar-refractivity contribution is 0.414. The van der Waals surface area contributed by atoms with E-state index in [1.807, 2.05) is 0 Å². The molecule has 8 heteroatoms. The molecule has 2 aromatic rings. The molecule has 2 N–H and O–H groups in total. The highest BCUT2D eigenvalue weighted by molar-refractivity contribution is 7.92. The van der Waals surface area contributed by atoms with Crippen LogP contribution in [0.15, 0.2) is 49.7 Å². The van der Waals surface area contributed by atoms with Gasteiger partial charge in [0.2, 0.25) is 10.0 Å². The summed E-state index contributed by atoms with van der Waals surface area (Å²) in [4.78, 5) is 0.573. The van der Waals surface area contributed by atoms with Gasteiger partial charge in [-0.3, -0.25) is 0 Å². The molecular formula is C11H11NO4S3. The van der Waals surface area contributed by atoms with E-state index in [0.29, 0.717) is 14.9 Å². The van der Waals surface area contributed by atoms with Gasteiger partial charge in [0.25, 0.3) is 0 Å². The largest absolute Gasteiger partial charge is 0.497 e. The maximum atomic E-state index is 12.2. The molecule has 1 heterocycles. The third-order valence-corrected chi connectivity index (χ3v) is 6.52. The summed E-state index contributed by atoms with van der Waals surface area (Å²) in [5.41, 5.74) is 0. The first-order valence-corrected chi connectivity index (χ1v) is 8.61. The van der Waals surface area contributed by atoms with E-state index >= 15 is 0 Å². The third kappa shape index (κ3) is 3.21. The van der Waals surface area contributed by atoms with Gasteiger partial charge < -0.3 is 4.74 Å². The van der Waals surface area contributed by atoms with Gasteiger partial charge >= 0.3 is 0 Å². The van der Waals surface area contributed by atoms with E-state index in [0.717, 1.165) is 11.3 Å². The number of thiophene rings is 1. The molecule has 19 heavy (non-hydrogen) atoms. The standard InChI is InChI=1S/C11H11NO4S3/c1-16-8-2-4-9(5-3-8)18(13)10-6-7-11(17-10)19(12,14)15/h2-7H,1H3,(H2,12,14,15)/t18-/m1/s1. The van der Waals surface area contributed by atoms with Crippen LogP contribution in [0.1, 0.15) is 0 Å². The summed E-state index contributed by atoms with van der Waals surface area (Å²) < 4.78 is 40.0. The molecule has 0 radical (unpaired) electrons. The lowest BCUT2D eigenvalue weighted by Crippen LogP contribution is -2.09. The number of ether oxygens (including phenoxy) is 1. The predicted molar refractivity (Wildman–Crippen MR) is 73.4 cm³/mol. The van der Waals surface area contributed by atoms with E-state index in [-0.39, 0.29) is 4.21 Å². The predicted octanol–water partition coefficient (Wildman–Crippen LogP) is 1.57. The highest BCUT2D eigenvalue weighted by Crippen LogP contribution is 2.27. The van der Waals surface area contributed by atoms with Gasteiger partial charge in [-0.15, -0.1) is 11.3 Å². The molecule has 0 bridgehead atoms. The molecule has 0 aliphatic rings. The first-order valence-electron chi connectivity index (χ1n) is 5.10. The van der Waals surface area contributed by atoms with E-state index < -0.39 is 20.8 Å². The second-order valence-electron chi connectivity index (χ2n) is 3.56. The summed E-state index contributed by atoms with van der Waals surface area (Å²) in [6, 6.07) is 9.60. The fraction of sp³-hybridized carbons (Fsp3) is 0.0909. The molecule has 0 aliphatic carbocycles. The Morgan fingerprint density at radius 3 is 2.26 bits per heavy atom. The number of nitrogens with two attached hydrogens (primary N) is 1. The molecule has 0 unspecified atom stereocenters. The number of primary sulfonamides is 1. The summed E-state index contributed by atoms with van der Waals surface area (Å²) >= 11 is 0.908. The molecule has 0 saturated carbocycles. The number of methoxy groups -OCH3 is 1. The van der Waals surface area contributed by atoms with Crippen molar-refractivity contribution in [2.24, 2.45) is 5.14 Å². The van der Waals surface area contributed by atoms with Crippen LogP contribution in [0.2, 0.25) is 0 Å². The molecule has 102 valence electrons. The second kappa shape index (κ2) is 5.41. The van der Waals surface area contributed by atoms with Crippen LogP contribution in [0.5, 0.6) is 5.75 Å². The Morgan fingerprint density at radius 1 is 1.16 bits per heavy atom. The van der Waals surface area contributed by atoms with Crippen LogP contribution in [0.4, 0.5) is 0 Å². The Morgan fingerprint density at radius 2 is 1.79 bits per heavy atom. The minimum absolute atomic E-state index is 0.00404. The number of rotatable bonds is 4. The number of hydrogen-bond donors (Lipinski definition) is 1. The monoisotopic (exact) mass is 317 g/mol. The molecule has 2 rings (SSSR count). The Bertz CT molecular complexity index is 704. The van der Waals surface area contributed by atoms with Crippen LogP contribution in [-0.2, 0) is 20.8 Å². The SMILES string of the molecule is COc1ccc([S@@](=O)c2ccc(S(N)(=O)=O)s2)cc1. The maximum absolute atomic E-state index is 12.2. The highest BCUT2D eigenvalue weighted by atomic mass is 32.3. The van der Waals surface area contributed by atoms with E-state index in [4.69, 9.17) is 9.88 Å². The molecule has 1 aromatic heterocycles. The first kappa shape index (κ1) is 14.2. The smallest absolute Gasteiger partial charge is 0.247 e. The summed E-state index contributed by atoms with van der Waals surface area (Å²) in [6.07, 6.45) is 0. The average Bonchev–Trinajstić information content (AvgIpc) is 2.87. The molecule has 0 saturated heterocycles. The first-order chi connectivity index (χ1) is 8.91. The van der Waals surface area contributed by atoms with Gasteiger partial charge in [0.15, 0.2) is 0 Å². The Balaban J connectivity index is 2.31. The van der Waals surface area contributed by atoms with E-state index in [1.165, 1.54) is 12.1 Å². The van der Waals surface area contributed by atoms with Crippen molar-refractivity contribution in [1.82, 2.24) is 0 Å². The second-order valence-corrected chi connectivity index (χ2v) is 8.14. The molecule has 1 aromatic carbocycles. The van der Waals surface area contributed by atoms with Crippen molar-refractivity contribution in [3.63, 3.8) is 0 Å². The topological polar surface area (TPSA) is 86.5 Å². The quantitative estimate of drug-likeness (QED) is 0.927. The Hall–Kier alpha value is -1.22. The summed E-state index contributed by atoms with van der Waals surface area (Å²) in [6.45, 7) is 0. The van der Waals surface area contributed by atoms with Crippen LogP contribution in [0, 0.1) is 0 Å². The molecule has 0 amide bonds. The summed E-state index contributed by atoms with van der Waals surface area (Å²) in [5.74, 6) is 0.664. The number of benzene rings is 1. The zero-order valence-electron chi connectivity index (χ0n) is 9.90. The van der Waals surface area contributed by atoms with Crippen molar-refractivity contribution >= 4 is 32.2 Å². The van der Waals surface area contributed by atoms with Crippen LogP contribution < -0.4 is 9.88 Å². The van der Waals surface area contributed by atoms with E-state index in [1.54, 1.807) is 31.4 Å². The average molecular weight is 317 g/mol. The van der Waals surface area contributed by atoms with Crippen LogP contribution in [-0.4, -0.2) is 19.7 Å². The van der Waals surface area contributed by atoms with Gasteiger partial charge in [0, 0.05) is 4.90 Å². The minimum atomic E-state index is -3.74. The molecule has 0 fully saturated rings. The van der Waals surface area contributed by atoms with E-state index in [2.05, 4.69) is 0 Å². The third-order valence-electron chi connectivity index (χ3n) is 2.29. The van der Waals surface area contributed by atoms with Crippen molar-refractivity contribution in [2.75, 3.05) is 7.11 Å². The maximum Gasteiger partial charge on any atom is 0.247 e. The van der Waals surface area contributed by atoms with Crippen molar-refractivity contribution in [2.45, 2.75) is 13.3 Å². The van der Waals surface area contributed by atoms with Crippen molar-refractivity contribution in [3.8, 4) is 5.75 Å². The van der Waals surface area contributed by atoms with Crippen molar-refractivity contribution < 1.29 is 17.4 Å². The zero-order valence-corrected chi connectivity index (χ0v) is 12.3. The van der Waals surface area contributed by atoms with Gasteiger partial charge in [-0.05, 0) is 36.4 Å². The van der Waals surface area contributed by atoms with Crippen LogP contribution in [0.25, 0.3) is 0 Å². The lowest BCUT2D eigenvalue weighted by Gasteiger charge is -2.01. The van der Waals surface area contributed by atoms with Crippen molar-refractivity contribution in [3.05, 3.63) is 36.4 Å². The Kier molecular flexibility index (Phi) is 4.04. The number of sulfonamides is 1. The lowest BCUT2D eigenvalue weighted by atomic mass is 10.3. The fourth-order valence-corrected chi connectivity index (χ4v) is 4.66. The molecular weight excluding hydrogens is 306 g/mol. The summed E-state index contributed by atoms with van der Waals surface area (Å²) in [5, 5.41) is 5.01. The fourth-order valence-electron chi connectivity index (χ4n) is 1.37. The highest BCUT2D eigenvalue weighted by Gasteiger charge is 2.15. The molecule has 0 spiro atoms. The summed E-state index contributed by atoms with van der Waals surface area (Å²) in [7, 11) is -3.63. The van der Waals surface area contributed by atoms with Crippen molar-refractivity contribution in [1.29, 1.82) is 0 Å².